The second-order valence-corrected chi connectivity index (χ2v) is 3.25. The zero-order chi connectivity index (χ0) is 12.1. The Balaban J connectivity index is 3.20. The van der Waals surface area contributed by atoms with Gasteiger partial charge in [-0.2, -0.15) is 0 Å². The molecule has 16 heavy (non-hydrogen) atoms. The summed E-state index contributed by atoms with van der Waals surface area (Å²) in [6.07, 6.45) is 0.477. The van der Waals surface area contributed by atoms with Crippen molar-refractivity contribution in [3.63, 3.8) is 0 Å². The first kappa shape index (κ1) is 12.0. The smallest absolute Gasteiger partial charge is 0.331 e. The van der Waals surface area contributed by atoms with Gasteiger partial charge >= 0.3 is 5.97 Å². The Bertz CT molecular complexity index is 391. The first-order valence-electron chi connectivity index (χ1n) is 4.64. The average molecular weight is 223 g/mol. The van der Waals surface area contributed by atoms with E-state index in [2.05, 4.69) is 0 Å². The summed E-state index contributed by atoms with van der Waals surface area (Å²) in [5, 5.41) is 9.09. The van der Waals surface area contributed by atoms with Crippen LogP contribution < -0.4 is 4.74 Å². The van der Waals surface area contributed by atoms with E-state index in [1.54, 1.807) is 24.3 Å². The Hall–Kier alpha value is -2.04. The number of amides is 1. The molecule has 1 aromatic carbocycles. The molecule has 0 heterocycles. The Kier molecular flexibility index (Phi) is 3.88. The number of carbonyl (C=O) groups is 2. The molecule has 0 aliphatic carbocycles. The van der Waals surface area contributed by atoms with Gasteiger partial charge in [0.05, 0.1) is 7.11 Å². The minimum absolute atomic E-state index is 0.448. The van der Waals surface area contributed by atoms with Gasteiger partial charge in [-0.15, -0.1) is 0 Å². The fourth-order valence-electron chi connectivity index (χ4n) is 1.48. The van der Waals surface area contributed by atoms with Gasteiger partial charge in [-0.25, -0.2) is 4.79 Å². The van der Waals surface area contributed by atoms with E-state index in [-0.39, 0.29) is 0 Å². The fourth-order valence-corrected chi connectivity index (χ4v) is 1.48. The van der Waals surface area contributed by atoms with Gasteiger partial charge < -0.3 is 14.7 Å². The third kappa shape index (κ3) is 2.31. The van der Waals surface area contributed by atoms with Gasteiger partial charge in [0, 0.05) is 12.6 Å². The highest BCUT2D eigenvalue weighted by Gasteiger charge is 2.26. The number of likely N-dealkylation sites (N-methyl/N-ethyl adjacent to an activating group) is 1. The fraction of sp³-hybridized carbons (Fsp3) is 0.273. The van der Waals surface area contributed by atoms with Crippen LogP contribution >= 0.6 is 0 Å². The van der Waals surface area contributed by atoms with E-state index in [9.17, 15) is 9.59 Å². The first-order valence-corrected chi connectivity index (χ1v) is 4.64. The Morgan fingerprint density at radius 1 is 1.50 bits per heavy atom. The van der Waals surface area contributed by atoms with Crippen molar-refractivity contribution in [2.24, 2.45) is 0 Å². The summed E-state index contributed by atoms with van der Waals surface area (Å²) in [7, 11) is 2.87. The molecule has 1 aromatic rings. The van der Waals surface area contributed by atoms with E-state index >= 15 is 0 Å². The van der Waals surface area contributed by atoms with E-state index in [1.165, 1.54) is 14.2 Å². The maximum Gasteiger partial charge on any atom is 0.331 e. The van der Waals surface area contributed by atoms with Gasteiger partial charge in [0.25, 0.3) is 0 Å². The normalized spacial score (nSPS) is 11.6. The second-order valence-electron chi connectivity index (χ2n) is 3.25. The van der Waals surface area contributed by atoms with Crippen molar-refractivity contribution >= 4 is 12.4 Å². The molecule has 1 unspecified atom stereocenters. The van der Waals surface area contributed by atoms with Crippen molar-refractivity contribution in [1.82, 2.24) is 4.90 Å². The topological polar surface area (TPSA) is 66.8 Å². The number of carboxylic acid groups (broad SMARTS) is 1. The Morgan fingerprint density at radius 2 is 2.12 bits per heavy atom. The highest BCUT2D eigenvalue weighted by Crippen LogP contribution is 2.27. The molecule has 0 aliphatic heterocycles. The van der Waals surface area contributed by atoms with Gasteiger partial charge in [-0.3, -0.25) is 4.79 Å². The molecule has 0 spiro atoms. The molecule has 86 valence electrons. The molecule has 1 N–H and O–H groups in total. The molecule has 0 saturated carbocycles. The number of hydrogen-bond donors (Lipinski definition) is 1. The summed E-state index contributed by atoms with van der Waals surface area (Å²) >= 11 is 0. The predicted octanol–water partition coefficient (Wildman–Crippen LogP) is 0.909. The molecule has 1 atom stereocenters. The van der Waals surface area contributed by atoms with Crippen LogP contribution in [0.5, 0.6) is 5.75 Å². The Labute approximate surface area is 93.2 Å². The minimum Gasteiger partial charge on any atom is -0.496 e. The lowest BCUT2D eigenvalue weighted by Gasteiger charge is -2.22. The number of para-hydroxylation sites is 1. The number of hydrogen-bond acceptors (Lipinski definition) is 3. The van der Waals surface area contributed by atoms with Crippen LogP contribution in [0.25, 0.3) is 0 Å². The van der Waals surface area contributed by atoms with Crippen molar-refractivity contribution in [1.29, 1.82) is 0 Å². The first-order chi connectivity index (χ1) is 7.61. The molecule has 5 heteroatoms. The largest absolute Gasteiger partial charge is 0.496 e. The summed E-state index contributed by atoms with van der Waals surface area (Å²) in [5.74, 6) is -0.650. The number of carbonyl (C=O) groups excluding carboxylic acids is 1. The van der Waals surface area contributed by atoms with Crippen LogP contribution in [0.2, 0.25) is 0 Å². The zero-order valence-electron chi connectivity index (χ0n) is 9.08. The number of rotatable bonds is 5. The van der Waals surface area contributed by atoms with Crippen molar-refractivity contribution in [2.45, 2.75) is 6.04 Å². The lowest BCUT2D eigenvalue weighted by atomic mass is 10.1. The van der Waals surface area contributed by atoms with E-state index < -0.39 is 12.0 Å². The number of carboxylic acids is 1. The summed E-state index contributed by atoms with van der Waals surface area (Å²) in [5.41, 5.74) is 0.451. The van der Waals surface area contributed by atoms with Gasteiger partial charge in [0.1, 0.15) is 5.75 Å². The molecule has 0 saturated heterocycles. The van der Waals surface area contributed by atoms with E-state index in [0.717, 1.165) is 4.90 Å². The van der Waals surface area contributed by atoms with Crippen LogP contribution in [0.4, 0.5) is 0 Å². The number of benzene rings is 1. The molecule has 0 radical (unpaired) electrons. The summed E-state index contributed by atoms with van der Waals surface area (Å²) in [4.78, 5) is 22.8. The number of ether oxygens (including phenoxy) is 1. The van der Waals surface area contributed by atoms with Crippen LogP contribution in [0, 0.1) is 0 Å². The molecule has 0 fully saturated rings. The molecule has 0 aromatic heterocycles. The van der Waals surface area contributed by atoms with Gasteiger partial charge in [0.15, 0.2) is 6.04 Å². The summed E-state index contributed by atoms with van der Waals surface area (Å²) < 4.78 is 5.07. The number of nitrogens with zero attached hydrogens (tertiary/aromatic N) is 1. The molecular weight excluding hydrogens is 210 g/mol. The van der Waals surface area contributed by atoms with Crippen molar-refractivity contribution in [3.8, 4) is 5.75 Å². The quantitative estimate of drug-likeness (QED) is 0.753. The highest BCUT2D eigenvalue weighted by atomic mass is 16.5. The Morgan fingerprint density at radius 3 is 2.62 bits per heavy atom. The number of methoxy groups -OCH3 is 1. The van der Waals surface area contributed by atoms with Crippen LogP contribution in [0.15, 0.2) is 24.3 Å². The molecule has 0 aliphatic rings. The van der Waals surface area contributed by atoms with E-state index in [0.29, 0.717) is 17.7 Å². The van der Waals surface area contributed by atoms with Crippen LogP contribution in [0.3, 0.4) is 0 Å². The standard InChI is InChI=1S/C11H13NO4/c1-12(7-13)10(11(14)15)8-5-3-4-6-9(8)16-2/h3-7,10H,1-2H3,(H,14,15). The maximum absolute atomic E-state index is 11.1. The van der Waals surface area contributed by atoms with Gasteiger partial charge in [-0.1, -0.05) is 18.2 Å². The summed E-state index contributed by atoms with van der Waals surface area (Å²) in [6.45, 7) is 0. The van der Waals surface area contributed by atoms with Crippen molar-refractivity contribution in [2.75, 3.05) is 14.2 Å². The molecule has 1 amide bonds. The second kappa shape index (κ2) is 5.16. The molecule has 5 nitrogen and oxygen atoms in total. The third-order valence-corrected chi connectivity index (χ3v) is 2.24. The van der Waals surface area contributed by atoms with Gasteiger partial charge in [-0.05, 0) is 6.07 Å². The van der Waals surface area contributed by atoms with Crippen LogP contribution in [-0.4, -0.2) is 36.5 Å². The lowest BCUT2D eigenvalue weighted by Crippen LogP contribution is -2.30. The average Bonchev–Trinajstić information content (AvgIpc) is 2.29. The van der Waals surface area contributed by atoms with E-state index in [4.69, 9.17) is 9.84 Å². The molecule has 1 rings (SSSR count). The minimum atomic E-state index is -1.10. The van der Waals surface area contributed by atoms with E-state index in [1.807, 2.05) is 0 Å². The zero-order valence-corrected chi connectivity index (χ0v) is 9.08. The maximum atomic E-state index is 11.1. The monoisotopic (exact) mass is 223 g/mol. The van der Waals surface area contributed by atoms with Crippen LogP contribution in [-0.2, 0) is 9.59 Å². The SMILES string of the molecule is COc1ccccc1C(C(=O)O)N(C)C=O. The lowest BCUT2D eigenvalue weighted by molar-refractivity contribution is -0.145. The van der Waals surface area contributed by atoms with Crippen LogP contribution in [0.1, 0.15) is 11.6 Å². The van der Waals surface area contributed by atoms with Gasteiger partial charge in [0.2, 0.25) is 6.41 Å². The number of aliphatic carboxylic acids is 1. The third-order valence-electron chi connectivity index (χ3n) is 2.24. The molecule has 0 bridgehead atoms. The van der Waals surface area contributed by atoms with Crippen molar-refractivity contribution in [3.05, 3.63) is 29.8 Å². The van der Waals surface area contributed by atoms with Crippen molar-refractivity contribution < 1.29 is 19.4 Å². The predicted molar refractivity (Wildman–Crippen MR) is 57.2 cm³/mol. The summed E-state index contributed by atoms with van der Waals surface area (Å²) in [6, 6.07) is 5.68. The highest BCUT2D eigenvalue weighted by molar-refractivity contribution is 5.79. The molecular formula is C11H13NO4.